The topological polar surface area (TPSA) is 23.5 Å². The zero-order valence-corrected chi connectivity index (χ0v) is 12.5. The molecule has 3 rings (SSSR count). The smallest absolute Gasteiger partial charge is 0.124 e. The predicted octanol–water partition coefficient (Wildman–Crippen LogP) is 3.26. The largest absolute Gasteiger partial charge is 0.392 e. The Hall–Kier alpha value is -0.640. The van der Waals surface area contributed by atoms with Crippen LogP contribution in [0, 0.1) is 11.7 Å². The lowest BCUT2D eigenvalue weighted by Gasteiger charge is -2.38. The fourth-order valence-electron chi connectivity index (χ4n) is 3.85. The van der Waals surface area contributed by atoms with E-state index in [1.165, 1.54) is 25.0 Å². The molecule has 110 valence electrons. The van der Waals surface area contributed by atoms with Crippen LogP contribution >= 0.6 is 11.6 Å². The summed E-state index contributed by atoms with van der Waals surface area (Å²) in [6.45, 7) is 0. The van der Waals surface area contributed by atoms with Crippen molar-refractivity contribution in [3.63, 3.8) is 0 Å². The van der Waals surface area contributed by atoms with Crippen molar-refractivity contribution in [2.45, 2.75) is 50.3 Å². The second kappa shape index (κ2) is 5.63. The van der Waals surface area contributed by atoms with E-state index in [0.29, 0.717) is 29.4 Å². The number of aliphatic hydroxyl groups excluding tert-OH is 1. The third kappa shape index (κ3) is 2.72. The van der Waals surface area contributed by atoms with Crippen LogP contribution < -0.4 is 0 Å². The second-order valence-corrected chi connectivity index (χ2v) is 6.70. The number of hydrogen-bond donors (Lipinski definition) is 1. The van der Waals surface area contributed by atoms with Crippen molar-refractivity contribution in [1.29, 1.82) is 0 Å². The quantitative estimate of drug-likeness (QED) is 0.926. The summed E-state index contributed by atoms with van der Waals surface area (Å²) < 4.78 is 13.0. The highest BCUT2D eigenvalue weighted by atomic mass is 35.5. The van der Waals surface area contributed by atoms with E-state index in [4.69, 9.17) is 11.6 Å². The van der Waals surface area contributed by atoms with Crippen LogP contribution in [0.2, 0.25) is 5.02 Å². The molecule has 2 aliphatic rings. The molecule has 4 heteroatoms. The average molecular weight is 298 g/mol. The molecule has 20 heavy (non-hydrogen) atoms. The summed E-state index contributed by atoms with van der Waals surface area (Å²) in [5.74, 6) is 0.00963. The Bertz CT molecular complexity index is 481. The fourth-order valence-corrected chi connectivity index (χ4v) is 4.09. The van der Waals surface area contributed by atoms with Gasteiger partial charge in [-0.05, 0) is 56.3 Å². The average Bonchev–Trinajstić information content (AvgIpc) is 2.64. The van der Waals surface area contributed by atoms with E-state index in [9.17, 15) is 9.50 Å². The van der Waals surface area contributed by atoms with Crippen LogP contribution in [0.3, 0.4) is 0 Å². The summed E-state index contributed by atoms with van der Waals surface area (Å²) in [7, 11) is 2.20. The fraction of sp³-hybridized carbons (Fsp3) is 0.625. The Morgan fingerprint density at radius 2 is 2.00 bits per heavy atom. The van der Waals surface area contributed by atoms with Crippen LogP contribution in [0.15, 0.2) is 18.2 Å². The number of aliphatic hydroxyl groups is 1. The molecule has 2 saturated heterocycles. The van der Waals surface area contributed by atoms with Crippen molar-refractivity contribution in [3.8, 4) is 0 Å². The first-order valence-electron chi connectivity index (χ1n) is 7.38. The van der Waals surface area contributed by atoms with Crippen molar-refractivity contribution in [2.75, 3.05) is 7.05 Å². The van der Waals surface area contributed by atoms with E-state index >= 15 is 0 Å². The van der Waals surface area contributed by atoms with Gasteiger partial charge in [0.05, 0.1) is 6.10 Å². The van der Waals surface area contributed by atoms with Crippen LogP contribution in [0.5, 0.6) is 0 Å². The van der Waals surface area contributed by atoms with E-state index in [1.807, 2.05) is 0 Å². The standard InChI is InChI=1S/C16H21ClFNO/c1-19-13-4-5-14(19)7-11(6-13)16(20)8-10-2-3-12(18)9-15(10)17/h2-3,9,11,13-14,16,20H,4-8H2,1H3. The monoisotopic (exact) mass is 297 g/mol. The number of benzene rings is 1. The number of halogens is 2. The minimum Gasteiger partial charge on any atom is -0.392 e. The number of fused-ring (bicyclic) bond motifs is 2. The normalized spacial score (nSPS) is 31.5. The zero-order valence-electron chi connectivity index (χ0n) is 11.7. The summed E-state index contributed by atoms with van der Waals surface area (Å²) in [5, 5.41) is 10.9. The van der Waals surface area contributed by atoms with Crippen LogP contribution in [-0.2, 0) is 6.42 Å². The van der Waals surface area contributed by atoms with E-state index in [1.54, 1.807) is 6.07 Å². The summed E-state index contributed by atoms with van der Waals surface area (Å²) >= 11 is 6.05. The molecule has 1 aromatic rings. The van der Waals surface area contributed by atoms with Gasteiger partial charge in [-0.3, -0.25) is 0 Å². The first-order chi connectivity index (χ1) is 9.54. The van der Waals surface area contributed by atoms with Crippen LogP contribution in [0.4, 0.5) is 4.39 Å². The van der Waals surface area contributed by atoms with E-state index in [-0.39, 0.29) is 11.9 Å². The maximum atomic E-state index is 13.0. The third-order valence-corrected chi connectivity index (χ3v) is 5.47. The van der Waals surface area contributed by atoms with Crippen molar-refractivity contribution < 1.29 is 9.50 Å². The predicted molar refractivity (Wildman–Crippen MR) is 78.4 cm³/mol. The highest BCUT2D eigenvalue weighted by Gasteiger charge is 2.40. The molecule has 2 nitrogen and oxygen atoms in total. The van der Waals surface area contributed by atoms with Gasteiger partial charge < -0.3 is 10.0 Å². The highest BCUT2D eigenvalue weighted by molar-refractivity contribution is 6.31. The first-order valence-corrected chi connectivity index (χ1v) is 7.76. The molecule has 0 amide bonds. The number of rotatable bonds is 3. The molecular formula is C16H21ClFNO. The first kappa shape index (κ1) is 14.3. The van der Waals surface area contributed by atoms with Gasteiger partial charge >= 0.3 is 0 Å². The molecule has 3 atom stereocenters. The van der Waals surface area contributed by atoms with Gasteiger partial charge in [-0.1, -0.05) is 17.7 Å². The van der Waals surface area contributed by atoms with Crippen LogP contribution in [-0.4, -0.2) is 35.2 Å². The number of nitrogens with zero attached hydrogens (tertiary/aromatic N) is 1. The van der Waals surface area contributed by atoms with Crippen molar-refractivity contribution >= 4 is 11.6 Å². The molecule has 0 aromatic heterocycles. The molecule has 2 fully saturated rings. The molecule has 2 bridgehead atoms. The van der Waals surface area contributed by atoms with E-state index < -0.39 is 0 Å². The summed E-state index contributed by atoms with van der Waals surface area (Å²) in [6.07, 6.45) is 4.77. The molecule has 0 radical (unpaired) electrons. The van der Waals surface area contributed by atoms with Gasteiger partial charge in [0.2, 0.25) is 0 Å². The Balaban J connectivity index is 1.66. The van der Waals surface area contributed by atoms with Crippen molar-refractivity contribution in [2.24, 2.45) is 5.92 Å². The summed E-state index contributed by atoms with van der Waals surface area (Å²) in [6, 6.07) is 5.66. The van der Waals surface area contributed by atoms with Gasteiger partial charge in [-0.25, -0.2) is 4.39 Å². The van der Waals surface area contributed by atoms with Gasteiger partial charge in [-0.15, -0.1) is 0 Å². The van der Waals surface area contributed by atoms with Crippen molar-refractivity contribution in [1.82, 2.24) is 4.90 Å². The molecule has 1 N–H and O–H groups in total. The van der Waals surface area contributed by atoms with E-state index in [2.05, 4.69) is 11.9 Å². The molecule has 1 aromatic carbocycles. The van der Waals surface area contributed by atoms with Gasteiger partial charge in [0, 0.05) is 23.5 Å². The maximum absolute atomic E-state index is 13.0. The Labute approximate surface area is 124 Å². The van der Waals surface area contributed by atoms with Crippen molar-refractivity contribution in [3.05, 3.63) is 34.6 Å². The van der Waals surface area contributed by atoms with Crippen LogP contribution in [0.25, 0.3) is 0 Å². The molecule has 2 aliphatic heterocycles. The van der Waals surface area contributed by atoms with Gasteiger partial charge in [-0.2, -0.15) is 0 Å². The lowest BCUT2D eigenvalue weighted by Crippen LogP contribution is -2.43. The summed E-state index contributed by atoms with van der Waals surface area (Å²) in [4.78, 5) is 2.47. The molecule has 0 aliphatic carbocycles. The molecule has 2 heterocycles. The number of hydrogen-bond acceptors (Lipinski definition) is 2. The Kier molecular flexibility index (Phi) is 4.02. The van der Waals surface area contributed by atoms with Crippen LogP contribution in [0.1, 0.15) is 31.2 Å². The highest BCUT2D eigenvalue weighted by Crippen LogP contribution is 2.39. The van der Waals surface area contributed by atoms with E-state index in [0.717, 1.165) is 18.4 Å². The maximum Gasteiger partial charge on any atom is 0.124 e. The molecule has 3 unspecified atom stereocenters. The SMILES string of the molecule is CN1C2CCC1CC(C(O)Cc1ccc(F)cc1Cl)C2. The minimum atomic E-state index is -0.380. The van der Waals surface area contributed by atoms with Gasteiger partial charge in [0.25, 0.3) is 0 Å². The van der Waals surface area contributed by atoms with Gasteiger partial charge in [0.15, 0.2) is 0 Å². The lowest BCUT2D eigenvalue weighted by molar-refractivity contribution is 0.0368. The minimum absolute atomic E-state index is 0.328. The zero-order chi connectivity index (χ0) is 14.3. The second-order valence-electron chi connectivity index (χ2n) is 6.29. The Morgan fingerprint density at radius 1 is 1.35 bits per heavy atom. The molecule has 0 saturated carbocycles. The molecular weight excluding hydrogens is 277 g/mol. The third-order valence-electron chi connectivity index (χ3n) is 5.12. The van der Waals surface area contributed by atoms with Gasteiger partial charge in [0.1, 0.15) is 5.82 Å². The summed E-state index contributed by atoms with van der Waals surface area (Å²) in [5.41, 5.74) is 0.840. The number of piperidine rings is 1. The lowest BCUT2D eigenvalue weighted by atomic mass is 9.84. The molecule has 0 spiro atoms. The Morgan fingerprint density at radius 3 is 2.60 bits per heavy atom.